The lowest BCUT2D eigenvalue weighted by Gasteiger charge is -2.35. The summed E-state index contributed by atoms with van der Waals surface area (Å²) in [6.07, 6.45) is 3.40. The van der Waals surface area contributed by atoms with Crippen molar-refractivity contribution >= 4 is 11.9 Å². The van der Waals surface area contributed by atoms with E-state index < -0.39 is 17.7 Å². The predicted molar refractivity (Wildman–Crippen MR) is 107 cm³/mol. The molecule has 28 heavy (non-hydrogen) atoms. The molecular weight excluding hydrogens is 358 g/mol. The standard InChI is InChI=1S/C22H33NO5/c1-22(28)14-17(16-7-3-2-4-8-16)13-19(24)10-5-9-18(22)15-23-20(25)11-6-12-21(26)27/h2-4,7-8,17-19,24,28H,5-6,9-15H2,1H3,(H,23,25)(H,26,27)/t17-,18+,19+,22-/m0/s1. The van der Waals surface area contributed by atoms with Crippen LogP contribution in [0.2, 0.25) is 0 Å². The van der Waals surface area contributed by atoms with E-state index in [2.05, 4.69) is 5.32 Å². The summed E-state index contributed by atoms with van der Waals surface area (Å²) in [6, 6.07) is 9.96. The van der Waals surface area contributed by atoms with E-state index >= 15 is 0 Å². The number of aliphatic carboxylic acids is 1. The number of carboxylic acids is 1. The minimum absolute atomic E-state index is 0.0226. The van der Waals surface area contributed by atoms with Crippen LogP contribution in [-0.2, 0) is 9.59 Å². The molecule has 1 aliphatic rings. The molecular formula is C22H33NO5. The molecule has 1 amide bonds. The van der Waals surface area contributed by atoms with Crippen molar-refractivity contribution in [1.29, 1.82) is 0 Å². The number of carbonyl (C=O) groups is 2. The van der Waals surface area contributed by atoms with Crippen molar-refractivity contribution in [2.45, 2.75) is 75.9 Å². The maximum absolute atomic E-state index is 12.0. The molecule has 0 heterocycles. The number of nitrogens with one attached hydrogen (secondary N) is 1. The minimum Gasteiger partial charge on any atom is -0.481 e. The fourth-order valence-electron chi connectivity index (χ4n) is 4.13. The van der Waals surface area contributed by atoms with E-state index in [-0.39, 0.29) is 30.6 Å². The highest BCUT2D eigenvalue weighted by Gasteiger charge is 2.36. The van der Waals surface area contributed by atoms with Gasteiger partial charge in [0.15, 0.2) is 0 Å². The van der Waals surface area contributed by atoms with Crippen LogP contribution >= 0.6 is 0 Å². The van der Waals surface area contributed by atoms with Crippen molar-refractivity contribution in [3.63, 3.8) is 0 Å². The molecule has 4 N–H and O–H groups in total. The molecule has 1 saturated carbocycles. The van der Waals surface area contributed by atoms with Crippen molar-refractivity contribution in [3.8, 4) is 0 Å². The van der Waals surface area contributed by atoms with Crippen LogP contribution < -0.4 is 5.32 Å². The molecule has 0 bridgehead atoms. The van der Waals surface area contributed by atoms with Crippen LogP contribution in [0.1, 0.15) is 69.8 Å². The van der Waals surface area contributed by atoms with E-state index in [4.69, 9.17) is 5.11 Å². The molecule has 2 rings (SSSR count). The first kappa shape index (κ1) is 22.4. The zero-order chi connectivity index (χ0) is 20.6. The highest BCUT2D eigenvalue weighted by molar-refractivity contribution is 5.76. The maximum Gasteiger partial charge on any atom is 0.303 e. The van der Waals surface area contributed by atoms with Gasteiger partial charge in [0, 0.05) is 25.3 Å². The summed E-state index contributed by atoms with van der Waals surface area (Å²) >= 11 is 0. The topological polar surface area (TPSA) is 107 Å². The van der Waals surface area contributed by atoms with Gasteiger partial charge in [0.25, 0.3) is 0 Å². The predicted octanol–water partition coefficient (Wildman–Crippen LogP) is 2.83. The number of aliphatic hydroxyl groups excluding tert-OH is 1. The summed E-state index contributed by atoms with van der Waals surface area (Å²) in [5.74, 6) is -1.15. The fraction of sp³-hybridized carbons (Fsp3) is 0.636. The smallest absolute Gasteiger partial charge is 0.303 e. The highest BCUT2D eigenvalue weighted by atomic mass is 16.4. The van der Waals surface area contributed by atoms with E-state index in [0.717, 1.165) is 18.4 Å². The molecule has 0 spiro atoms. The van der Waals surface area contributed by atoms with Gasteiger partial charge in [-0.25, -0.2) is 0 Å². The summed E-state index contributed by atoms with van der Waals surface area (Å²) in [6.45, 7) is 2.18. The van der Waals surface area contributed by atoms with Gasteiger partial charge in [0.05, 0.1) is 11.7 Å². The Morgan fingerprint density at radius 1 is 1.18 bits per heavy atom. The van der Waals surface area contributed by atoms with Gasteiger partial charge in [0.1, 0.15) is 0 Å². The lowest BCUT2D eigenvalue weighted by atomic mass is 9.77. The summed E-state index contributed by atoms with van der Waals surface area (Å²) in [4.78, 5) is 22.6. The number of carbonyl (C=O) groups excluding carboxylic acids is 1. The molecule has 1 aromatic rings. The van der Waals surface area contributed by atoms with Crippen molar-refractivity contribution in [1.82, 2.24) is 5.32 Å². The van der Waals surface area contributed by atoms with Gasteiger partial charge < -0.3 is 20.6 Å². The van der Waals surface area contributed by atoms with Gasteiger partial charge in [-0.2, -0.15) is 0 Å². The van der Waals surface area contributed by atoms with Crippen molar-refractivity contribution in [3.05, 3.63) is 35.9 Å². The molecule has 156 valence electrons. The third-order valence-corrected chi connectivity index (χ3v) is 5.80. The first-order chi connectivity index (χ1) is 13.3. The highest BCUT2D eigenvalue weighted by Crippen LogP contribution is 2.38. The van der Waals surface area contributed by atoms with E-state index in [1.165, 1.54) is 0 Å². The fourth-order valence-corrected chi connectivity index (χ4v) is 4.13. The summed E-state index contributed by atoms with van der Waals surface area (Å²) in [7, 11) is 0. The molecule has 1 aliphatic carbocycles. The maximum atomic E-state index is 12.0. The van der Waals surface area contributed by atoms with Gasteiger partial charge >= 0.3 is 5.97 Å². The SMILES string of the molecule is C[C@]1(O)C[C@@H](c2ccccc2)C[C@H](O)CCC[C@@H]1CNC(=O)CCCC(=O)O. The van der Waals surface area contributed by atoms with Crippen molar-refractivity contribution in [2.24, 2.45) is 5.92 Å². The van der Waals surface area contributed by atoms with Crippen LogP contribution in [0.5, 0.6) is 0 Å². The second-order valence-corrected chi connectivity index (χ2v) is 8.24. The third-order valence-electron chi connectivity index (χ3n) is 5.80. The molecule has 4 atom stereocenters. The Morgan fingerprint density at radius 2 is 1.89 bits per heavy atom. The lowest BCUT2D eigenvalue weighted by Crippen LogP contribution is -2.43. The quantitative estimate of drug-likeness (QED) is 0.572. The number of hydrogen-bond donors (Lipinski definition) is 4. The van der Waals surface area contributed by atoms with Crippen LogP contribution in [0.3, 0.4) is 0 Å². The molecule has 0 saturated heterocycles. The van der Waals surface area contributed by atoms with Crippen LogP contribution in [0, 0.1) is 5.92 Å². The summed E-state index contributed by atoms with van der Waals surface area (Å²) in [5.41, 5.74) is 0.138. The lowest BCUT2D eigenvalue weighted by molar-refractivity contribution is -0.137. The summed E-state index contributed by atoms with van der Waals surface area (Å²) < 4.78 is 0. The molecule has 1 fully saturated rings. The summed E-state index contributed by atoms with van der Waals surface area (Å²) in [5, 5.41) is 33.2. The Hall–Kier alpha value is -1.92. The first-order valence-corrected chi connectivity index (χ1v) is 10.2. The zero-order valence-electron chi connectivity index (χ0n) is 16.6. The number of aliphatic hydroxyl groups is 2. The Labute approximate surface area is 167 Å². The Bertz CT molecular complexity index is 631. The Morgan fingerprint density at radius 3 is 2.57 bits per heavy atom. The zero-order valence-corrected chi connectivity index (χ0v) is 16.6. The average molecular weight is 392 g/mol. The molecule has 1 aromatic carbocycles. The number of hydrogen-bond acceptors (Lipinski definition) is 4. The molecule has 0 aromatic heterocycles. The third kappa shape index (κ3) is 7.24. The molecule has 0 radical (unpaired) electrons. The number of rotatable bonds is 7. The van der Waals surface area contributed by atoms with Crippen molar-refractivity contribution < 1.29 is 24.9 Å². The monoisotopic (exact) mass is 391 g/mol. The van der Waals surface area contributed by atoms with Crippen LogP contribution in [0.15, 0.2) is 30.3 Å². The molecule has 6 heteroatoms. The first-order valence-electron chi connectivity index (χ1n) is 10.2. The van der Waals surface area contributed by atoms with E-state index in [1.807, 2.05) is 37.3 Å². The normalized spacial score (nSPS) is 28.6. The molecule has 0 aliphatic heterocycles. The van der Waals surface area contributed by atoms with Gasteiger partial charge in [-0.15, -0.1) is 0 Å². The minimum atomic E-state index is -0.973. The Balaban J connectivity index is 2.01. The Kier molecular flexibility index (Phi) is 8.45. The van der Waals surface area contributed by atoms with Gasteiger partial charge in [0.2, 0.25) is 5.91 Å². The van der Waals surface area contributed by atoms with Gasteiger partial charge in [-0.1, -0.05) is 36.8 Å². The number of benzene rings is 1. The molecule has 6 nitrogen and oxygen atoms in total. The van der Waals surface area contributed by atoms with Crippen LogP contribution in [0.25, 0.3) is 0 Å². The second-order valence-electron chi connectivity index (χ2n) is 8.24. The van der Waals surface area contributed by atoms with Crippen LogP contribution in [-0.4, -0.2) is 45.4 Å². The van der Waals surface area contributed by atoms with Crippen LogP contribution in [0.4, 0.5) is 0 Å². The average Bonchev–Trinajstić information content (AvgIpc) is 2.68. The van der Waals surface area contributed by atoms with Crippen molar-refractivity contribution in [2.75, 3.05) is 6.54 Å². The van der Waals surface area contributed by atoms with E-state index in [9.17, 15) is 19.8 Å². The second kappa shape index (κ2) is 10.6. The van der Waals surface area contributed by atoms with Gasteiger partial charge in [-0.05, 0) is 50.5 Å². The van der Waals surface area contributed by atoms with E-state index in [1.54, 1.807) is 0 Å². The largest absolute Gasteiger partial charge is 0.481 e. The number of carboxylic acid groups (broad SMARTS) is 1. The van der Waals surface area contributed by atoms with Gasteiger partial charge in [-0.3, -0.25) is 9.59 Å². The van der Waals surface area contributed by atoms with E-state index in [0.29, 0.717) is 32.2 Å². The number of amides is 1. The molecule has 0 unspecified atom stereocenters.